The maximum atomic E-state index is 12.3. The van der Waals surface area contributed by atoms with Gasteiger partial charge in [-0.2, -0.15) is 0 Å². The standard InChI is InChI=1S/C16H18N2O3/c17-15-12(16(20)18-11-6-2-1-3-7-11)9-10-5-4-8-13(19)14(10)21-15/h4-5,8-9,11,17,19H,1-3,6-7H2,(H,18,20). The van der Waals surface area contributed by atoms with Crippen molar-refractivity contribution in [3.63, 3.8) is 0 Å². The minimum Gasteiger partial charge on any atom is -0.504 e. The molecule has 1 aromatic carbocycles. The van der Waals surface area contributed by atoms with Gasteiger partial charge in [0.25, 0.3) is 5.91 Å². The van der Waals surface area contributed by atoms with E-state index in [9.17, 15) is 9.90 Å². The molecule has 0 saturated heterocycles. The van der Waals surface area contributed by atoms with Gasteiger partial charge in [-0.05, 0) is 25.0 Å². The minimum absolute atomic E-state index is 0.0276. The number of hydrogen-bond acceptors (Lipinski definition) is 4. The van der Waals surface area contributed by atoms with E-state index in [1.807, 2.05) is 0 Å². The van der Waals surface area contributed by atoms with Crippen molar-refractivity contribution < 1.29 is 14.3 Å². The summed E-state index contributed by atoms with van der Waals surface area (Å²) < 4.78 is 5.29. The lowest BCUT2D eigenvalue weighted by atomic mass is 9.95. The zero-order valence-electron chi connectivity index (χ0n) is 11.7. The SMILES string of the molecule is N=c1oc2c(O)cccc2cc1C(=O)NC1CCCCC1. The number of nitrogens with one attached hydrogen (secondary N) is 2. The van der Waals surface area contributed by atoms with E-state index in [4.69, 9.17) is 9.83 Å². The van der Waals surface area contributed by atoms with Crippen molar-refractivity contribution in [1.82, 2.24) is 5.32 Å². The highest BCUT2D eigenvalue weighted by Gasteiger charge is 2.19. The Labute approximate surface area is 122 Å². The molecule has 0 unspecified atom stereocenters. The summed E-state index contributed by atoms with van der Waals surface area (Å²) in [5, 5.41) is 21.2. The molecular formula is C16H18N2O3. The smallest absolute Gasteiger partial charge is 0.257 e. The number of phenolic OH excluding ortho intramolecular Hbond substituents is 1. The number of aromatic hydroxyl groups is 1. The number of phenols is 1. The molecule has 5 nitrogen and oxygen atoms in total. The highest BCUT2D eigenvalue weighted by atomic mass is 16.4. The fraction of sp³-hybridized carbons (Fsp3) is 0.375. The summed E-state index contributed by atoms with van der Waals surface area (Å²) in [4.78, 5) is 12.3. The highest BCUT2D eigenvalue weighted by Crippen LogP contribution is 2.23. The molecule has 0 bridgehead atoms. The van der Waals surface area contributed by atoms with Gasteiger partial charge in [0.2, 0.25) is 5.55 Å². The molecule has 3 N–H and O–H groups in total. The normalized spacial score (nSPS) is 16.0. The summed E-state index contributed by atoms with van der Waals surface area (Å²) in [6, 6.07) is 6.70. The van der Waals surface area contributed by atoms with Gasteiger partial charge in [-0.25, -0.2) is 0 Å². The van der Waals surface area contributed by atoms with E-state index >= 15 is 0 Å². The van der Waals surface area contributed by atoms with Crippen molar-refractivity contribution in [2.45, 2.75) is 38.1 Å². The van der Waals surface area contributed by atoms with Gasteiger partial charge in [0.15, 0.2) is 11.3 Å². The first kappa shape index (κ1) is 13.7. The molecule has 1 saturated carbocycles. The molecule has 1 amide bonds. The van der Waals surface area contributed by atoms with E-state index in [0.29, 0.717) is 5.39 Å². The summed E-state index contributed by atoms with van der Waals surface area (Å²) in [6.07, 6.45) is 5.47. The average Bonchev–Trinajstić information content (AvgIpc) is 2.48. The van der Waals surface area contributed by atoms with Gasteiger partial charge in [-0.1, -0.05) is 31.4 Å². The van der Waals surface area contributed by atoms with Crippen LogP contribution < -0.4 is 10.9 Å². The first-order valence-corrected chi connectivity index (χ1v) is 7.26. The van der Waals surface area contributed by atoms with Crippen LogP contribution in [0, 0.1) is 5.41 Å². The Morgan fingerprint density at radius 2 is 2.05 bits per heavy atom. The van der Waals surface area contributed by atoms with Gasteiger partial charge in [0, 0.05) is 11.4 Å². The molecule has 0 aliphatic heterocycles. The van der Waals surface area contributed by atoms with Gasteiger partial charge in [0.05, 0.1) is 0 Å². The number of carbonyl (C=O) groups is 1. The highest BCUT2D eigenvalue weighted by molar-refractivity contribution is 5.97. The number of benzene rings is 1. The number of rotatable bonds is 2. The van der Waals surface area contributed by atoms with Crippen LogP contribution in [0.1, 0.15) is 42.5 Å². The Kier molecular flexibility index (Phi) is 3.64. The molecule has 1 heterocycles. The van der Waals surface area contributed by atoms with Crippen LogP contribution in [0.4, 0.5) is 0 Å². The van der Waals surface area contributed by atoms with Crippen LogP contribution in [-0.2, 0) is 0 Å². The third-order valence-electron chi connectivity index (χ3n) is 3.96. The summed E-state index contributed by atoms with van der Waals surface area (Å²) in [5.74, 6) is -0.305. The lowest BCUT2D eigenvalue weighted by molar-refractivity contribution is 0.0923. The summed E-state index contributed by atoms with van der Waals surface area (Å²) in [5.41, 5.74) is 0.215. The van der Waals surface area contributed by atoms with Gasteiger partial charge < -0.3 is 14.8 Å². The maximum Gasteiger partial charge on any atom is 0.257 e. The second-order valence-electron chi connectivity index (χ2n) is 5.49. The quantitative estimate of drug-likeness (QED) is 0.793. The fourth-order valence-corrected chi connectivity index (χ4v) is 2.82. The van der Waals surface area contributed by atoms with E-state index < -0.39 is 0 Å². The molecule has 1 aliphatic carbocycles. The van der Waals surface area contributed by atoms with E-state index in [2.05, 4.69) is 5.32 Å². The number of carbonyl (C=O) groups excluding carboxylic acids is 1. The van der Waals surface area contributed by atoms with Crippen molar-refractivity contribution in [2.75, 3.05) is 0 Å². The van der Waals surface area contributed by atoms with E-state index in [0.717, 1.165) is 25.7 Å². The summed E-state index contributed by atoms with van der Waals surface area (Å²) in [6.45, 7) is 0. The molecule has 2 aromatic rings. The average molecular weight is 286 g/mol. The van der Waals surface area contributed by atoms with Crippen molar-refractivity contribution in [1.29, 1.82) is 5.41 Å². The van der Waals surface area contributed by atoms with Crippen LogP contribution in [0.3, 0.4) is 0 Å². The van der Waals surface area contributed by atoms with Crippen molar-refractivity contribution in [2.24, 2.45) is 0 Å². The van der Waals surface area contributed by atoms with Crippen molar-refractivity contribution in [3.05, 3.63) is 35.4 Å². The molecule has 0 spiro atoms. The van der Waals surface area contributed by atoms with Crippen LogP contribution in [0.2, 0.25) is 0 Å². The van der Waals surface area contributed by atoms with Gasteiger partial charge >= 0.3 is 0 Å². The van der Waals surface area contributed by atoms with Crippen molar-refractivity contribution in [3.8, 4) is 5.75 Å². The Bertz CT molecular complexity index is 730. The molecule has 1 fully saturated rings. The predicted molar refractivity (Wildman–Crippen MR) is 78.1 cm³/mol. The second kappa shape index (κ2) is 5.60. The number of hydrogen-bond donors (Lipinski definition) is 3. The summed E-state index contributed by atoms with van der Waals surface area (Å²) >= 11 is 0. The first-order valence-electron chi connectivity index (χ1n) is 7.26. The molecule has 1 aliphatic rings. The van der Waals surface area contributed by atoms with Gasteiger partial charge in [-0.3, -0.25) is 10.2 Å². The van der Waals surface area contributed by atoms with Crippen LogP contribution in [0.15, 0.2) is 28.7 Å². The number of amides is 1. The molecule has 5 heteroatoms. The van der Waals surface area contributed by atoms with E-state index in [1.54, 1.807) is 18.2 Å². The van der Waals surface area contributed by atoms with Crippen molar-refractivity contribution >= 4 is 16.9 Å². The van der Waals surface area contributed by atoms with Crippen LogP contribution >= 0.6 is 0 Å². The minimum atomic E-state index is -0.277. The monoisotopic (exact) mass is 286 g/mol. The zero-order chi connectivity index (χ0) is 14.8. The topological polar surface area (TPSA) is 86.3 Å². The van der Waals surface area contributed by atoms with Gasteiger partial charge in [0.1, 0.15) is 5.56 Å². The molecule has 3 rings (SSSR count). The number of para-hydroxylation sites is 1. The Morgan fingerprint density at radius 1 is 1.29 bits per heavy atom. The maximum absolute atomic E-state index is 12.3. The first-order chi connectivity index (χ1) is 10.1. The molecular weight excluding hydrogens is 268 g/mol. The van der Waals surface area contributed by atoms with Gasteiger partial charge in [-0.15, -0.1) is 0 Å². The largest absolute Gasteiger partial charge is 0.504 e. The predicted octanol–water partition coefficient (Wildman–Crippen LogP) is 2.68. The lowest BCUT2D eigenvalue weighted by Gasteiger charge is -2.22. The molecule has 110 valence electrons. The van der Waals surface area contributed by atoms with Crippen LogP contribution in [0.5, 0.6) is 5.75 Å². The lowest BCUT2D eigenvalue weighted by Crippen LogP contribution is -2.38. The summed E-state index contributed by atoms with van der Waals surface area (Å²) in [7, 11) is 0. The number of fused-ring (bicyclic) bond motifs is 1. The Hall–Kier alpha value is -2.30. The molecule has 0 atom stereocenters. The zero-order valence-corrected chi connectivity index (χ0v) is 11.7. The molecule has 1 aromatic heterocycles. The Morgan fingerprint density at radius 3 is 2.81 bits per heavy atom. The third kappa shape index (κ3) is 2.77. The second-order valence-corrected chi connectivity index (χ2v) is 5.49. The van der Waals surface area contributed by atoms with E-state index in [-0.39, 0.29) is 34.4 Å². The Balaban J connectivity index is 1.90. The van der Waals surface area contributed by atoms with E-state index in [1.165, 1.54) is 12.5 Å². The van der Waals surface area contributed by atoms with Crippen LogP contribution in [0.25, 0.3) is 11.0 Å². The molecule has 21 heavy (non-hydrogen) atoms. The third-order valence-corrected chi connectivity index (χ3v) is 3.96. The molecule has 0 radical (unpaired) electrons. The van der Waals surface area contributed by atoms with Crippen LogP contribution in [-0.4, -0.2) is 17.1 Å². The fourth-order valence-electron chi connectivity index (χ4n) is 2.82.